The smallest absolute Gasteiger partial charge is 0.213 e. The summed E-state index contributed by atoms with van der Waals surface area (Å²) < 4.78 is 5.04. The van der Waals surface area contributed by atoms with E-state index in [1.165, 1.54) is 12.3 Å². The zero-order valence-electron chi connectivity index (χ0n) is 5.74. The number of rotatable bonds is 2. The van der Waals surface area contributed by atoms with E-state index in [4.69, 9.17) is 9.84 Å². The zero-order chi connectivity index (χ0) is 7.40. The van der Waals surface area contributed by atoms with Crippen LogP contribution in [0.2, 0.25) is 0 Å². The van der Waals surface area contributed by atoms with Crippen molar-refractivity contribution in [2.45, 2.75) is 6.92 Å². The minimum Gasteiger partial charge on any atom is -0.506 e. The molecule has 1 aromatic heterocycles. The fraction of sp³-hybridized carbons (Fsp3) is 0.286. The fourth-order valence-corrected chi connectivity index (χ4v) is 0.606. The highest BCUT2D eigenvalue weighted by Crippen LogP contribution is 2.10. The highest BCUT2D eigenvalue weighted by molar-refractivity contribution is 5.20. The van der Waals surface area contributed by atoms with Gasteiger partial charge in [-0.3, -0.25) is 0 Å². The molecule has 0 saturated carbocycles. The third kappa shape index (κ3) is 1.62. The van der Waals surface area contributed by atoms with Crippen LogP contribution >= 0.6 is 0 Å². The molecule has 1 rings (SSSR count). The van der Waals surface area contributed by atoms with Gasteiger partial charge in [-0.25, -0.2) is 4.98 Å². The van der Waals surface area contributed by atoms with Crippen molar-refractivity contribution in [3.05, 3.63) is 18.3 Å². The van der Waals surface area contributed by atoms with E-state index < -0.39 is 0 Å². The summed E-state index contributed by atoms with van der Waals surface area (Å²) in [4.78, 5) is 3.80. The summed E-state index contributed by atoms with van der Waals surface area (Å²) in [6, 6.07) is 3.16. The maximum atomic E-state index is 8.81. The fourth-order valence-electron chi connectivity index (χ4n) is 0.606. The number of ether oxygens (including phenoxy) is 1. The van der Waals surface area contributed by atoms with Crippen LogP contribution in [0.25, 0.3) is 0 Å². The van der Waals surface area contributed by atoms with Gasteiger partial charge in [-0.15, -0.1) is 0 Å². The van der Waals surface area contributed by atoms with Gasteiger partial charge in [-0.05, 0) is 13.0 Å². The van der Waals surface area contributed by atoms with E-state index in [-0.39, 0.29) is 5.75 Å². The summed E-state index contributed by atoms with van der Waals surface area (Å²) >= 11 is 0. The van der Waals surface area contributed by atoms with Gasteiger partial charge in [0, 0.05) is 6.07 Å². The molecule has 0 saturated heterocycles. The second-order valence-electron chi connectivity index (χ2n) is 1.79. The van der Waals surface area contributed by atoms with E-state index in [0.29, 0.717) is 12.5 Å². The number of nitrogens with zero attached hydrogens (tertiary/aromatic N) is 1. The van der Waals surface area contributed by atoms with Crippen LogP contribution in [0.15, 0.2) is 18.3 Å². The summed E-state index contributed by atoms with van der Waals surface area (Å²) in [7, 11) is 0. The molecule has 0 bridgehead atoms. The predicted molar refractivity (Wildman–Crippen MR) is 37.1 cm³/mol. The van der Waals surface area contributed by atoms with Crippen LogP contribution in [0.5, 0.6) is 11.6 Å². The topological polar surface area (TPSA) is 42.4 Å². The van der Waals surface area contributed by atoms with Crippen molar-refractivity contribution < 1.29 is 9.84 Å². The normalized spacial score (nSPS) is 9.30. The predicted octanol–water partition coefficient (Wildman–Crippen LogP) is 1.19. The molecule has 1 heterocycles. The Bertz CT molecular complexity index is 195. The van der Waals surface area contributed by atoms with Gasteiger partial charge in [0.05, 0.1) is 12.8 Å². The van der Waals surface area contributed by atoms with Crippen LogP contribution in [0.3, 0.4) is 0 Å². The van der Waals surface area contributed by atoms with Crippen LogP contribution in [-0.2, 0) is 0 Å². The first kappa shape index (κ1) is 6.86. The van der Waals surface area contributed by atoms with Crippen molar-refractivity contribution in [1.29, 1.82) is 0 Å². The third-order valence-electron chi connectivity index (χ3n) is 1.01. The van der Waals surface area contributed by atoms with Crippen molar-refractivity contribution >= 4 is 0 Å². The second kappa shape index (κ2) is 3.06. The molecule has 0 atom stereocenters. The highest BCUT2D eigenvalue weighted by Gasteiger charge is 1.91. The average molecular weight is 139 g/mol. The van der Waals surface area contributed by atoms with Gasteiger partial charge < -0.3 is 9.84 Å². The van der Waals surface area contributed by atoms with Crippen LogP contribution < -0.4 is 4.74 Å². The number of pyridine rings is 1. The molecule has 3 heteroatoms. The minimum absolute atomic E-state index is 0.156. The molecule has 0 aliphatic heterocycles. The van der Waals surface area contributed by atoms with E-state index in [1.54, 1.807) is 6.07 Å². The molecule has 10 heavy (non-hydrogen) atoms. The zero-order valence-corrected chi connectivity index (χ0v) is 5.74. The summed E-state index contributed by atoms with van der Waals surface area (Å²) in [6.07, 6.45) is 1.35. The lowest BCUT2D eigenvalue weighted by Gasteiger charge is -1.99. The van der Waals surface area contributed by atoms with Crippen LogP contribution in [0.4, 0.5) is 0 Å². The lowest BCUT2D eigenvalue weighted by molar-refractivity contribution is 0.325. The number of aromatic hydroxyl groups is 1. The van der Waals surface area contributed by atoms with Crippen LogP contribution in [0.1, 0.15) is 6.92 Å². The summed E-state index contributed by atoms with van der Waals surface area (Å²) in [5, 5.41) is 8.81. The quantitative estimate of drug-likeness (QED) is 0.669. The van der Waals surface area contributed by atoms with Gasteiger partial charge in [0.2, 0.25) is 5.88 Å². The average Bonchev–Trinajstić information content (AvgIpc) is 1.95. The van der Waals surface area contributed by atoms with E-state index in [1.807, 2.05) is 6.92 Å². The van der Waals surface area contributed by atoms with Crippen molar-refractivity contribution in [3.8, 4) is 11.6 Å². The highest BCUT2D eigenvalue weighted by atomic mass is 16.5. The molecule has 0 aliphatic carbocycles. The molecule has 0 spiro atoms. The largest absolute Gasteiger partial charge is 0.506 e. The Hall–Kier alpha value is -1.25. The molecule has 0 radical (unpaired) electrons. The molecule has 0 aromatic carbocycles. The number of hydrogen-bond acceptors (Lipinski definition) is 3. The van der Waals surface area contributed by atoms with Crippen LogP contribution in [-0.4, -0.2) is 16.7 Å². The standard InChI is InChI=1S/C7H9NO2/c1-2-10-7-4-3-6(9)5-8-7/h3-5,9H,2H2,1H3. The lowest BCUT2D eigenvalue weighted by atomic mass is 10.4. The molecular formula is C7H9NO2. The first-order chi connectivity index (χ1) is 4.83. The van der Waals surface area contributed by atoms with Crippen molar-refractivity contribution in [1.82, 2.24) is 4.98 Å². The van der Waals surface area contributed by atoms with E-state index in [9.17, 15) is 0 Å². The Balaban J connectivity index is 2.69. The number of hydrogen-bond donors (Lipinski definition) is 1. The summed E-state index contributed by atoms with van der Waals surface area (Å²) in [5.41, 5.74) is 0. The van der Waals surface area contributed by atoms with Crippen molar-refractivity contribution in [2.24, 2.45) is 0 Å². The first-order valence-electron chi connectivity index (χ1n) is 3.10. The van der Waals surface area contributed by atoms with E-state index in [2.05, 4.69) is 4.98 Å². The van der Waals surface area contributed by atoms with Gasteiger partial charge in [0.15, 0.2) is 0 Å². The Morgan fingerprint density at radius 1 is 1.60 bits per heavy atom. The van der Waals surface area contributed by atoms with Gasteiger partial charge >= 0.3 is 0 Å². The molecular weight excluding hydrogens is 130 g/mol. The molecule has 0 unspecified atom stereocenters. The van der Waals surface area contributed by atoms with Gasteiger partial charge in [-0.2, -0.15) is 0 Å². The monoisotopic (exact) mass is 139 g/mol. The molecule has 0 amide bonds. The van der Waals surface area contributed by atoms with E-state index >= 15 is 0 Å². The molecule has 1 aromatic rings. The summed E-state index contributed by atoms with van der Waals surface area (Å²) in [5.74, 6) is 0.698. The molecule has 0 aliphatic rings. The first-order valence-corrected chi connectivity index (χ1v) is 3.10. The Morgan fingerprint density at radius 3 is 2.90 bits per heavy atom. The van der Waals surface area contributed by atoms with Gasteiger partial charge in [0.1, 0.15) is 5.75 Å². The maximum Gasteiger partial charge on any atom is 0.213 e. The van der Waals surface area contributed by atoms with E-state index in [0.717, 1.165) is 0 Å². The minimum atomic E-state index is 0.156. The second-order valence-corrected chi connectivity index (χ2v) is 1.79. The Labute approximate surface area is 59.3 Å². The molecule has 54 valence electrons. The van der Waals surface area contributed by atoms with Crippen molar-refractivity contribution in [2.75, 3.05) is 6.61 Å². The molecule has 0 fully saturated rings. The number of aromatic nitrogens is 1. The van der Waals surface area contributed by atoms with Crippen molar-refractivity contribution in [3.63, 3.8) is 0 Å². The third-order valence-corrected chi connectivity index (χ3v) is 1.01. The Kier molecular flexibility index (Phi) is 2.10. The van der Waals surface area contributed by atoms with Crippen LogP contribution in [0, 0.1) is 0 Å². The maximum absolute atomic E-state index is 8.81. The molecule has 3 nitrogen and oxygen atoms in total. The Morgan fingerprint density at radius 2 is 2.40 bits per heavy atom. The SMILES string of the molecule is CCOc1ccc(O)cn1. The van der Waals surface area contributed by atoms with Gasteiger partial charge in [0.25, 0.3) is 0 Å². The molecule has 1 N–H and O–H groups in total. The lowest BCUT2D eigenvalue weighted by Crippen LogP contribution is -1.92. The van der Waals surface area contributed by atoms with Gasteiger partial charge in [-0.1, -0.05) is 0 Å². The summed E-state index contributed by atoms with van der Waals surface area (Å²) in [6.45, 7) is 2.48.